The second-order valence-electron chi connectivity index (χ2n) is 5.02. The Morgan fingerprint density at radius 2 is 2.12 bits per heavy atom. The summed E-state index contributed by atoms with van der Waals surface area (Å²) >= 11 is 0. The van der Waals surface area contributed by atoms with Crippen molar-refractivity contribution in [3.63, 3.8) is 0 Å². The molecule has 2 aliphatic rings. The third-order valence-electron chi connectivity index (χ3n) is 3.48. The van der Waals surface area contributed by atoms with Crippen LogP contribution in [0.1, 0.15) is 37.4 Å². The van der Waals surface area contributed by atoms with Gasteiger partial charge in [-0.1, -0.05) is 19.0 Å². The van der Waals surface area contributed by atoms with E-state index in [0.29, 0.717) is 18.2 Å². The van der Waals surface area contributed by atoms with Crippen LogP contribution in [0.2, 0.25) is 0 Å². The van der Waals surface area contributed by atoms with E-state index < -0.39 is 0 Å². The molecule has 1 aromatic heterocycles. The van der Waals surface area contributed by atoms with Gasteiger partial charge in [-0.15, -0.1) is 0 Å². The van der Waals surface area contributed by atoms with Crippen LogP contribution in [0, 0.1) is 5.92 Å². The highest BCUT2D eigenvalue weighted by atomic mass is 16.5. The Morgan fingerprint density at radius 3 is 2.69 bits per heavy atom. The fourth-order valence-electron chi connectivity index (χ4n) is 2.56. The normalized spacial score (nSPS) is 32.9. The molecule has 0 aliphatic carbocycles. The molecule has 0 saturated carbocycles. The summed E-state index contributed by atoms with van der Waals surface area (Å²) in [7, 11) is 0. The van der Waals surface area contributed by atoms with Crippen molar-refractivity contribution in [1.82, 2.24) is 15.0 Å². The Balaban J connectivity index is 1.85. The minimum Gasteiger partial charge on any atom is -0.339 e. The van der Waals surface area contributed by atoms with E-state index >= 15 is 0 Å². The number of piperidine rings is 1. The molecular formula is C11H15N3O2. The SMILES string of the molecule is CC(C)c1noc(C2CN3CC(=O)C2C3)n1. The second-order valence-corrected chi connectivity index (χ2v) is 5.02. The van der Waals surface area contributed by atoms with Gasteiger partial charge < -0.3 is 4.52 Å². The largest absolute Gasteiger partial charge is 0.339 e. The summed E-state index contributed by atoms with van der Waals surface area (Å²) < 4.78 is 5.27. The number of Topliss-reactive ketones (excluding diaryl/α,β-unsaturated/α-hetero) is 1. The maximum atomic E-state index is 11.6. The fourth-order valence-corrected chi connectivity index (χ4v) is 2.56. The molecular weight excluding hydrogens is 206 g/mol. The third kappa shape index (κ3) is 1.38. The number of carbonyl (C=O) groups is 1. The average Bonchev–Trinajstić information content (AvgIpc) is 2.89. The average molecular weight is 221 g/mol. The topological polar surface area (TPSA) is 59.2 Å². The summed E-state index contributed by atoms with van der Waals surface area (Å²) in [6, 6.07) is 0. The zero-order chi connectivity index (χ0) is 11.3. The quantitative estimate of drug-likeness (QED) is 0.739. The number of fused-ring (bicyclic) bond motifs is 2. The highest BCUT2D eigenvalue weighted by Crippen LogP contribution is 2.37. The number of ketones is 1. The lowest BCUT2D eigenvalue weighted by Crippen LogP contribution is -2.29. The van der Waals surface area contributed by atoms with E-state index in [-0.39, 0.29) is 17.8 Å². The van der Waals surface area contributed by atoms with Crippen molar-refractivity contribution >= 4 is 5.78 Å². The summed E-state index contributed by atoms with van der Waals surface area (Å²) in [6.45, 7) is 6.42. The van der Waals surface area contributed by atoms with Crippen LogP contribution in [0.5, 0.6) is 0 Å². The molecule has 0 N–H and O–H groups in total. The number of nitrogens with zero attached hydrogens (tertiary/aromatic N) is 3. The number of carbonyl (C=O) groups excluding carboxylic acids is 1. The highest BCUT2D eigenvalue weighted by molar-refractivity contribution is 5.87. The fraction of sp³-hybridized carbons (Fsp3) is 0.727. The first-order chi connectivity index (χ1) is 7.65. The van der Waals surface area contributed by atoms with Gasteiger partial charge in [0.1, 0.15) is 0 Å². The molecule has 2 saturated heterocycles. The molecule has 2 bridgehead atoms. The Hall–Kier alpha value is -1.23. The summed E-state index contributed by atoms with van der Waals surface area (Å²) in [5.41, 5.74) is 0. The predicted octanol–water partition coefficient (Wildman–Crippen LogP) is 0.791. The summed E-state index contributed by atoms with van der Waals surface area (Å²) in [4.78, 5) is 18.2. The molecule has 1 aromatic rings. The van der Waals surface area contributed by atoms with E-state index in [4.69, 9.17) is 4.52 Å². The van der Waals surface area contributed by atoms with Crippen LogP contribution in [0.15, 0.2) is 4.52 Å². The van der Waals surface area contributed by atoms with Crippen LogP contribution in [0.3, 0.4) is 0 Å². The van der Waals surface area contributed by atoms with Gasteiger partial charge in [0, 0.05) is 24.9 Å². The molecule has 0 spiro atoms. The van der Waals surface area contributed by atoms with Crippen LogP contribution >= 0.6 is 0 Å². The maximum Gasteiger partial charge on any atom is 0.231 e. The summed E-state index contributed by atoms with van der Waals surface area (Å²) in [5, 5.41) is 3.95. The molecule has 3 heterocycles. The van der Waals surface area contributed by atoms with Gasteiger partial charge in [-0.2, -0.15) is 4.98 Å². The molecule has 0 aromatic carbocycles. The number of hydrogen-bond donors (Lipinski definition) is 0. The van der Waals surface area contributed by atoms with Crippen LogP contribution < -0.4 is 0 Å². The Labute approximate surface area is 93.8 Å². The molecule has 5 heteroatoms. The molecule has 0 radical (unpaired) electrons. The van der Waals surface area contributed by atoms with Gasteiger partial charge in [-0.25, -0.2) is 0 Å². The molecule has 3 atom stereocenters. The van der Waals surface area contributed by atoms with Crippen LogP contribution in [0.4, 0.5) is 0 Å². The van der Waals surface area contributed by atoms with Crippen molar-refractivity contribution < 1.29 is 9.32 Å². The summed E-state index contributed by atoms with van der Waals surface area (Å²) in [6.07, 6.45) is 0. The van der Waals surface area contributed by atoms with Gasteiger partial charge in [0.2, 0.25) is 5.89 Å². The van der Waals surface area contributed by atoms with E-state index in [2.05, 4.69) is 15.0 Å². The highest BCUT2D eigenvalue weighted by Gasteiger charge is 2.47. The van der Waals surface area contributed by atoms with Crippen molar-refractivity contribution in [2.45, 2.75) is 25.7 Å². The minimum atomic E-state index is 0.0838. The minimum absolute atomic E-state index is 0.0838. The lowest BCUT2D eigenvalue weighted by Gasteiger charge is -2.17. The van der Waals surface area contributed by atoms with Crippen molar-refractivity contribution in [2.75, 3.05) is 19.6 Å². The van der Waals surface area contributed by atoms with Crippen LogP contribution in [0.25, 0.3) is 0 Å². The van der Waals surface area contributed by atoms with Gasteiger partial charge in [-0.3, -0.25) is 9.69 Å². The third-order valence-corrected chi connectivity index (χ3v) is 3.48. The lowest BCUT2D eigenvalue weighted by atomic mass is 9.91. The molecule has 0 amide bonds. The van der Waals surface area contributed by atoms with E-state index in [9.17, 15) is 4.79 Å². The molecule has 3 rings (SSSR count). The monoisotopic (exact) mass is 221 g/mol. The number of rotatable bonds is 2. The smallest absolute Gasteiger partial charge is 0.231 e. The van der Waals surface area contributed by atoms with Crippen molar-refractivity contribution in [1.29, 1.82) is 0 Å². The molecule has 3 unspecified atom stereocenters. The molecule has 2 aliphatic heterocycles. The lowest BCUT2D eigenvalue weighted by molar-refractivity contribution is -0.121. The van der Waals surface area contributed by atoms with Crippen molar-refractivity contribution in [2.24, 2.45) is 5.92 Å². The van der Waals surface area contributed by atoms with E-state index in [0.717, 1.165) is 18.9 Å². The zero-order valence-corrected chi connectivity index (χ0v) is 9.51. The van der Waals surface area contributed by atoms with E-state index in [1.807, 2.05) is 13.8 Å². The van der Waals surface area contributed by atoms with Gasteiger partial charge in [0.05, 0.1) is 12.5 Å². The Bertz CT molecular complexity index is 427. The molecule has 86 valence electrons. The van der Waals surface area contributed by atoms with Crippen molar-refractivity contribution in [3.05, 3.63) is 11.7 Å². The molecule has 2 fully saturated rings. The number of aromatic nitrogens is 2. The van der Waals surface area contributed by atoms with Crippen LogP contribution in [-0.2, 0) is 4.79 Å². The number of hydrogen-bond acceptors (Lipinski definition) is 5. The summed E-state index contributed by atoms with van der Waals surface area (Å²) in [5.74, 6) is 2.18. The first kappa shape index (κ1) is 9.96. The zero-order valence-electron chi connectivity index (χ0n) is 9.51. The Kier molecular flexibility index (Phi) is 2.10. The molecule has 5 nitrogen and oxygen atoms in total. The predicted molar refractivity (Wildman–Crippen MR) is 56.1 cm³/mol. The first-order valence-electron chi connectivity index (χ1n) is 5.73. The van der Waals surface area contributed by atoms with E-state index in [1.165, 1.54) is 0 Å². The standard InChI is InChI=1S/C11H15N3O2/c1-6(2)10-12-11(16-13-10)8-4-14-3-7(8)9(15)5-14/h6-8H,3-5H2,1-2H3. The second kappa shape index (κ2) is 3.38. The van der Waals surface area contributed by atoms with Crippen LogP contribution in [-0.4, -0.2) is 40.5 Å². The van der Waals surface area contributed by atoms with Crippen molar-refractivity contribution in [3.8, 4) is 0 Å². The molecule has 16 heavy (non-hydrogen) atoms. The van der Waals surface area contributed by atoms with Gasteiger partial charge >= 0.3 is 0 Å². The van der Waals surface area contributed by atoms with Gasteiger partial charge in [0.25, 0.3) is 0 Å². The maximum absolute atomic E-state index is 11.6. The first-order valence-corrected chi connectivity index (χ1v) is 5.73. The van der Waals surface area contributed by atoms with Gasteiger partial charge in [-0.05, 0) is 0 Å². The van der Waals surface area contributed by atoms with Gasteiger partial charge in [0.15, 0.2) is 11.6 Å². The van der Waals surface area contributed by atoms with E-state index in [1.54, 1.807) is 0 Å². The Morgan fingerprint density at radius 1 is 1.38 bits per heavy atom.